The molecule has 0 bridgehead atoms. The highest BCUT2D eigenvalue weighted by molar-refractivity contribution is 5.85. The van der Waals surface area contributed by atoms with E-state index in [2.05, 4.69) is 15.5 Å². The highest BCUT2D eigenvalue weighted by Gasteiger charge is 2.22. The molecule has 0 atom stereocenters. The van der Waals surface area contributed by atoms with Gasteiger partial charge in [0.25, 0.3) is 0 Å². The third-order valence-corrected chi connectivity index (χ3v) is 4.43. The molecule has 4 nitrogen and oxygen atoms in total. The zero-order valence-electron chi connectivity index (χ0n) is 11.4. The fraction of sp³-hybridized carbons (Fsp3) is 0.857. The highest BCUT2D eigenvalue weighted by atomic mass is 35.5. The van der Waals surface area contributed by atoms with Gasteiger partial charge in [0.1, 0.15) is 0 Å². The Balaban J connectivity index is 0.00000133. The highest BCUT2D eigenvalue weighted by Crippen LogP contribution is 2.32. The van der Waals surface area contributed by atoms with Crippen molar-refractivity contribution in [2.24, 2.45) is 5.92 Å². The summed E-state index contributed by atoms with van der Waals surface area (Å²) in [7, 11) is 0. The number of aromatic nitrogens is 2. The van der Waals surface area contributed by atoms with Crippen molar-refractivity contribution >= 4 is 12.4 Å². The number of nitrogens with zero attached hydrogens (tertiary/aromatic N) is 2. The van der Waals surface area contributed by atoms with Gasteiger partial charge in [-0.1, -0.05) is 18.0 Å². The van der Waals surface area contributed by atoms with E-state index in [9.17, 15) is 0 Å². The van der Waals surface area contributed by atoms with Crippen LogP contribution in [0.5, 0.6) is 0 Å². The summed E-state index contributed by atoms with van der Waals surface area (Å²) >= 11 is 0. The minimum Gasteiger partial charge on any atom is -0.339 e. The molecule has 1 aliphatic heterocycles. The third kappa shape index (κ3) is 3.93. The number of piperidine rings is 1. The number of aryl methyl sites for hydroxylation is 1. The molecule has 1 aromatic heterocycles. The van der Waals surface area contributed by atoms with Crippen LogP contribution in [0.4, 0.5) is 0 Å². The smallest absolute Gasteiger partial charge is 0.226 e. The first-order valence-electron chi connectivity index (χ1n) is 7.45. The maximum absolute atomic E-state index is 5.39. The molecular weight excluding hydrogens is 262 g/mol. The maximum Gasteiger partial charge on any atom is 0.226 e. The Kier molecular flexibility index (Phi) is 5.64. The van der Waals surface area contributed by atoms with Crippen LogP contribution in [-0.4, -0.2) is 23.2 Å². The lowest BCUT2D eigenvalue weighted by Crippen LogP contribution is -2.27. The summed E-state index contributed by atoms with van der Waals surface area (Å²) < 4.78 is 5.39. The SMILES string of the molecule is C1CCC(c2noc(CCC3CCNCC3)n2)C1.Cl. The molecule has 1 saturated heterocycles. The number of hydrogen-bond acceptors (Lipinski definition) is 4. The molecule has 0 spiro atoms. The molecule has 1 N–H and O–H groups in total. The Hall–Kier alpha value is -0.610. The fourth-order valence-corrected chi connectivity index (χ4v) is 3.22. The van der Waals surface area contributed by atoms with Crippen molar-refractivity contribution in [3.05, 3.63) is 11.7 Å². The van der Waals surface area contributed by atoms with Gasteiger partial charge >= 0.3 is 0 Å². The van der Waals surface area contributed by atoms with Crippen LogP contribution in [0.2, 0.25) is 0 Å². The second-order valence-electron chi connectivity index (χ2n) is 5.76. The quantitative estimate of drug-likeness (QED) is 0.924. The van der Waals surface area contributed by atoms with E-state index in [1.165, 1.54) is 58.0 Å². The Labute approximate surface area is 121 Å². The minimum absolute atomic E-state index is 0. The molecule has 3 rings (SSSR count). The van der Waals surface area contributed by atoms with Crippen molar-refractivity contribution in [3.63, 3.8) is 0 Å². The molecule has 2 aliphatic rings. The molecule has 1 saturated carbocycles. The number of nitrogens with one attached hydrogen (secondary N) is 1. The molecule has 2 heterocycles. The second-order valence-corrected chi connectivity index (χ2v) is 5.76. The fourth-order valence-electron chi connectivity index (χ4n) is 3.22. The Morgan fingerprint density at radius 3 is 2.58 bits per heavy atom. The molecule has 1 aliphatic carbocycles. The third-order valence-electron chi connectivity index (χ3n) is 4.43. The number of rotatable bonds is 4. The van der Waals surface area contributed by atoms with Crippen LogP contribution in [0, 0.1) is 5.92 Å². The molecule has 0 amide bonds. The predicted molar refractivity (Wildman–Crippen MR) is 76.7 cm³/mol. The van der Waals surface area contributed by atoms with Crippen molar-refractivity contribution in [1.82, 2.24) is 15.5 Å². The van der Waals surface area contributed by atoms with E-state index in [0.717, 1.165) is 24.1 Å². The van der Waals surface area contributed by atoms with Gasteiger partial charge in [-0.15, -0.1) is 12.4 Å². The van der Waals surface area contributed by atoms with Crippen LogP contribution in [0.1, 0.15) is 62.6 Å². The molecule has 0 unspecified atom stereocenters. The van der Waals surface area contributed by atoms with E-state index in [-0.39, 0.29) is 12.4 Å². The first-order chi connectivity index (χ1) is 8.92. The summed E-state index contributed by atoms with van der Waals surface area (Å²) in [5, 5.41) is 7.57. The van der Waals surface area contributed by atoms with E-state index < -0.39 is 0 Å². The van der Waals surface area contributed by atoms with Crippen LogP contribution in [0.15, 0.2) is 4.52 Å². The van der Waals surface area contributed by atoms with Crippen LogP contribution in [0.25, 0.3) is 0 Å². The van der Waals surface area contributed by atoms with Gasteiger partial charge in [-0.3, -0.25) is 0 Å². The monoisotopic (exact) mass is 285 g/mol. The van der Waals surface area contributed by atoms with Crippen molar-refractivity contribution in [2.75, 3.05) is 13.1 Å². The van der Waals surface area contributed by atoms with E-state index in [1.54, 1.807) is 0 Å². The molecule has 1 aromatic rings. The van der Waals surface area contributed by atoms with Gasteiger partial charge in [0.2, 0.25) is 5.89 Å². The summed E-state index contributed by atoms with van der Waals surface area (Å²) in [5.41, 5.74) is 0. The van der Waals surface area contributed by atoms with Crippen molar-refractivity contribution in [2.45, 2.75) is 57.3 Å². The lowest BCUT2D eigenvalue weighted by molar-refractivity contribution is 0.322. The summed E-state index contributed by atoms with van der Waals surface area (Å²) in [4.78, 5) is 4.58. The Morgan fingerprint density at radius 2 is 1.84 bits per heavy atom. The lowest BCUT2D eigenvalue weighted by Gasteiger charge is -2.21. The van der Waals surface area contributed by atoms with Gasteiger partial charge in [0.05, 0.1) is 0 Å². The summed E-state index contributed by atoms with van der Waals surface area (Å²) in [6, 6.07) is 0. The van der Waals surface area contributed by atoms with E-state index >= 15 is 0 Å². The largest absolute Gasteiger partial charge is 0.339 e. The van der Waals surface area contributed by atoms with Crippen molar-refractivity contribution in [3.8, 4) is 0 Å². The van der Waals surface area contributed by atoms with Crippen molar-refractivity contribution in [1.29, 1.82) is 0 Å². The average molecular weight is 286 g/mol. The standard InChI is InChI=1S/C14H23N3O.ClH/c1-2-4-12(3-1)14-16-13(18-17-14)6-5-11-7-9-15-10-8-11;/h11-12,15H,1-10H2;1H. The lowest BCUT2D eigenvalue weighted by atomic mass is 9.93. The molecule has 108 valence electrons. The molecule has 2 fully saturated rings. The molecule has 0 radical (unpaired) electrons. The first-order valence-corrected chi connectivity index (χ1v) is 7.45. The molecule has 0 aromatic carbocycles. The zero-order valence-corrected chi connectivity index (χ0v) is 12.3. The van der Waals surface area contributed by atoms with Gasteiger partial charge < -0.3 is 9.84 Å². The minimum atomic E-state index is 0. The van der Waals surface area contributed by atoms with E-state index in [0.29, 0.717) is 5.92 Å². The van der Waals surface area contributed by atoms with Crippen LogP contribution >= 0.6 is 12.4 Å². The second kappa shape index (κ2) is 7.25. The van der Waals surface area contributed by atoms with Gasteiger partial charge in [0, 0.05) is 12.3 Å². The van der Waals surface area contributed by atoms with Crippen LogP contribution < -0.4 is 5.32 Å². The predicted octanol–water partition coefficient (Wildman–Crippen LogP) is 3.08. The maximum atomic E-state index is 5.39. The van der Waals surface area contributed by atoms with Gasteiger partial charge in [-0.25, -0.2) is 0 Å². The average Bonchev–Trinajstić information content (AvgIpc) is 3.08. The van der Waals surface area contributed by atoms with Crippen LogP contribution in [0.3, 0.4) is 0 Å². The Morgan fingerprint density at radius 1 is 1.11 bits per heavy atom. The Bertz CT molecular complexity index is 371. The molecular formula is C14H24ClN3O. The normalized spacial score (nSPS) is 21.5. The van der Waals surface area contributed by atoms with Gasteiger partial charge in [0.15, 0.2) is 5.82 Å². The summed E-state index contributed by atoms with van der Waals surface area (Å²) in [6.45, 7) is 2.34. The van der Waals surface area contributed by atoms with E-state index in [4.69, 9.17) is 4.52 Å². The summed E-state index contributed by atoms with van der Waals surface area (Å²) in [6.07, 6.45) is 9.89. The van der Waals surface area contributed by atoms with E-state index in [1.807, 2.05) is 0 Å². The topological polar surface area (TPSA) is 51.0 Å². The first kappa shape index (κ1) is 14.8. The van der Waals surface area contributed by atoms with Gasteiger partial charge in [-0.05, 0) is 51.1 Å². The summed E-state index contributed by atoms with van der Waals surface area (Å²) in [5.74, 6) is 3.23. The molecule has 19 heavy (non-hydrogen) atoms. The number of halogens is 1. The molecule has 5 heteroatoms. The van der Waals surface area contributed by atoms with Gasteiger partial charge in [-0.2, -0.15) is 4.98 Å². The number of hydrogen-bond donors (Lipinski definition) is 1. The van der Waals surface area contributed by atoms with Crippen molar-refractivity contribution < 1.29 is 4.52 Å². The van der Waals surface area contributed by atoms with Crippen LogP contribution in [-0.2, 0) is 6.42 Å². The zero-order chi connectivity index (χ0) is 12.2.